The Morgan fingerprint density at radius 1 is 1.38 bits per heavy atom. The Balaban J connectivity index is 2.09. The molecule has 1 aliphatic rings. The topological polar surface area (TPSA) is 75.7 Å². The first-order valence-electron chi connectivity index (χ1n) is 6.84. The molecule has 0 unspecified atom stereocenters. The van der Waals surface area contributed by atoms with Crippen LogP contribution in [0.3, 0.4) is 0 Å². The quantitative estimate of drug-likeness (QED) is 0.827. The van der Waals surface area contributed by atoms with Crippen LogP contribution in [-0.4, -0.2) is 42.9 Å². The van der Waals surface area contributed by atoms with Crippen LogP contribution < -0.4 is 5.32 Å². The van der Waals surface area contributed by atoms with Gasteiger partial charge in [-0.1, -0.05) is 6.07 Å². The van der Waals surface area contributed by atoms with Crippen molar-refractivity contribution in [3.63, 3.8) is 0 Å². The lowest BCUT2D eigenvalue weighted by molar-refractivity contribution is -0.140. The van der Waals surface area contributed by atoms with E-state index in [1.54, 1.807) is 23.1 Å². The summed E-state index contributed by atoms with van der Waals surface area (Å²) in [4.78, 5) is 36.5. The number of hydrogen-bond acceptors (Lipinski definition) is 4. The van der Waals surface area contributed by atoms with Gasteiger partial charge in [-0.05, 0) is 24.6 Å². The van der Waals surface area contributed by atoms with Gasteiger partial charge in [0.25, 0.3) is 5.91 Å². The summed E-state index contributed by atoms with van der Waals surface area (Å²) in [6.45, 7) is 2.66. The minimum atomic E-state index is -0.345. The Hall–Kier alpha value is -2.37. The van der Waals surface area contributed by atoms with Crippen molar-refractivity contribution in [2.75, 3.05) is 25.5 Å². The first-order chi connectivity index (χ1) is 10.0. The highest BCUT2D eigenvalue weighted by Crippen LogP contribution is 2.24. The van der Waals surface area contributed by atoms with Gasteiger partial charge in [0, 0.05) is 24.3 Å². The number of esters is 1. The number of rotatable bonds is 5. The molecule has 6 nitrogen and oxygen atoms in total. The molecule has 0 saturated heterocycles. The van der Waals surface area contributed by atoms with E-state index in [2.05, 4.69) is 10.1 Å². The maximum absolute atomic E-state index is 12.4. The highest BCUT2D eigenvalue weighted by Gasteiger charge is 2.21. The second-order valence-corrected chi connectivity index (χ2v) is 4.81. The molecule has 0 spiro atoms. The fraction of sp³-hybridized carbons (Fsp3) is 0.400. The summed E-state index contributed by atoms with van der Waals surface area (Å²) in [7, 11) is 1.32. The van der Waals surface area contributed by atoms with Crippen molar-refractivity contribution in [2.45, 2.75) is 19.8 Å². The summed E-state index contributed by atoms with van der Waals surface area (Å²) in [5.41, 5.74) is 2.09. The van der Waals surface area contributed by atoms with Gasteiger partial charge in [0.2, 0.25) is 5.91 Å². The van der Waals surface area contributed by atoms with Gasteiger partial charge in [0.15, 0.2) is 0 Å². The van der Waals surface area contributed by atoms with Crippen molar-refractivity contribution in [3.05, 3.63) is 29.3 Å². The van der Waals surface area contributed by atoms with Crippen LogP contribution in [0.5, 0.6) is 0 Å². The maximum Gasteiger partial charge on any atom is 0.307 e. The molecular weight excluding hydrogens is 272 g/mol. The highest BCUT2D eigenvalue weighted by molar-refractivity contribution is 6.02. The molecule has 0 bridgehead atoms. The van der Waals surface area contributed by atoms with Crippen molar-refractivity contribution < 1.29 is 19.1 Å². The first kappa shape index (κ1) is 15.0. The number of methoxy groups -OCH3 is 1. The van der Waals surface area contributed by atoms with Crippen molar-refractivity contribution >= 4 is 23.5 Å². The van der Waals surface area contributed by atoms with Crippen LogP contribution in [0.15, 0.2) is 18.2 Å². The lowest BCUT2D eigenvalue weighted by Crippen LogP contribution is -2.33. The molecule has 0 fully saturated rings. The molecule has 6 heteroatoms. The Morgan fingerprint density at radius 2 is 2.14 bits per heavy atom. The van der Waals surface area contributed by atoms with E-state index >= 15 is 0 Å². The molecule has 0 aromatic heterocycles. The van der Waals surface area contributed by atoms with E-state index in [1.165, 1.54) is 7.11 Å². The predicted molar refractivity (Wildman–Crippen MR) is 77.0 cm³/mol. The molecule has 0 saturated carbocycles. The molecule has 1 N–H and O–H groups in total. The van der Waals surface area contributed by atoms with Gasteiger partial charge < -0.3 is 15.0 Å². The third kappa shape index (κ3) is 3.39. The van der Waals surface area contributed by atoms with E-state index in [4.69, 9.17) is 0 Å². The minimum absolute atomic E-state index is 0.0624. The summed E-state index contributed by atoms with van der Waals surface area (Å²) in [5, 5.41) is 2.73. The molecular formula is C15H18N2O4. The third-order valence-corrected chi connectivity index (χ3v) is 3.46. The minimum Gasteiger partial charge on any atom is -0.469 e. The van der Waals surface area contributed by atoms with Crippen LogP contribution in [0.25, 0.3) is 0 Å². The monoisotopic (exact) mass is 290 g/mol. The fourth-order valence-corrected chi connectivity index (χ4v) is 2.26. The smallest absolute Gasteiger partial charge is 0.307 e. The number of amides is 2. The second kappa shape index (κ2) is 6.39. The second-order valence-electron chi connectivity index (χ2n) is 4.81. The Morgan fingerprint density at radius 3 is 2.81 bits per heavy atom. The van der Waals surface area contributed by atoms with Crippen molar-refractivity contribution in [1.82, 2.24) is 4.90 Å². The summed E-state index contributed by atoms with van der Waals surface area (Å²) in [5.74, 6) is -0.569. The Labute approximate surface area is 123 Å². The molecule has 21 heavy (non-hydrogen) atoms. The molecule has 1 aliphatic heterocycles. The molecule has 1 heterocycles. The number of fused-ring (bicyclic) bond motifs is 1. The number of carbonyl (C=O) groups excluding carboxylic acids is 3. The fourth-order valence-electron chi connectivity index (χ4n) is 2.26. The summed E-state index contributed by atoms with van der Waals surface area (Å²) in [6, 6.07) is 5.18. The average molecular weight is 290 g/mol. The van der Waals surface area contributed by atoms with E-state index in [-0.39, 0.29) is 24.2 Å². The van der Waals surface area contributed by atoms with Gasteiger partial charge in [-0.15, -0.1) is 0 Å². The summed E-state index contributed by atoms with van der Waals surface area (Å²) < 4.78 is 4.58. The Kier molecular flexibility index (Phi) is 4.57. The summed E-state index contributed by atoms with van der Waals surface area (Å²) in [6.07, 6.45) is 0.515. The number of nitrogens with zero attached hydrogens (tertiary/aromatic N) is 1. The highest BCUT2D eigenvalue weighted by atomic mass is 16.5. The SMILES string of the molecule is CCN(CCC(=O)OC)C(=O)c1ccc2c(c1)NC(=O)C2. The molecule has 2 amide bonds. The zero-order valence-corrected chi connectivity index (χ0v) is 12.1. The van der Waals surface area contributed by atoms with Crippen LogP contribution >= 0.6 is 0 Å². The lowest BCUT2D eigenvalue weighted by atomic mass is 10.1. The number of nitrogens with one attached hydrogen (secondary N) is 1. The predicted octanol–water partition coefficient (Wildman–Crippen LogP) is 1.21. The van der Waals surface area contributed by atoms with Gasteiger partial charge in [-0.3, -0.25) is 14.4 Å². The largest absolute Gasteiger partial charge is 0.469 e. The van der Waals surface area contributed by atoms with Crippen molar-refractivity contribution in [3.8, 4) is 0 Å². The molecule has 0 radical (unpaired) electrons. The van der Waals surface area contributed by atoms with Crippen LogP contribution in [-0.2, 0) is 20.7 Å². The van der Waals surface area contributed by atoms with Gasteiger partial charge in [0.1, 0.15) is 0 Å². The zero-order chi connectivity index (χ0) is 15.4. The van der Waals surface area contributed by atoms with E-state index in [0.717, 1.165) is 5.56 Å². The van der Waals surface area contributed by atoms with Crippen LogP contribution in [0.4, 0.5) is 5.69 Å². The first-order valence-corrected chi connectivity index (χ1v) is 6.84. The van der Waals surface area contributed by atoms with Gasteiger partial charge >= 0.3 is 5.97 Å². The van der Waals surface area contributed by atoms with E-state index in [9.17, 15) is 14.4 Å². The lowest BCUT2D eigenvalue weighted by Gasteiger charge is -2.20. The standard InChI is InChI=1S/C15H18N2O4/c1-3-17(7-6-14(19)21-2)15(20)11-5-4-10-9-13(18)16-12(10)8-11/h4-5,8H,3,6-7,9H2,1-2H3,(H,16,18). The number of benzene rings is 1. The maximum atomic E-state index is 12.4. The van der Waals surface area contributed by atoms with E-state index in [1.807, 2.05) is 6.92 Å². The average Bonchev–Trinajstić information content (AvgIpc) is 2.86. The number of anilines is 1. The van der Waals surface area contributed by atoms with E-state index < -0.39 is 0 Å². The van der Waals surface area contributed by atoms with Crippen molar-refractivity contribution in [1.29, 1.82) is 0 Å². The van der Waals surface area contributed by atoms with Gasteiger partial charge in [0.05, 0.1) is 20.0 Å². The van der Waals surface area contributed by atoms with E-state index in [0.29, 0.717) is 30.8 Å². The molecule has 2 rings (SSSR count). The van der Waals surface area contributed by atoms with Crippen LogP contribution in [0, 0.1) is 0 Å². The molecule has 1 aromatic rings. The van der Waals surface area contributed by atoms with Crippen LogP contribution in [0.1, 0.15) is 29.3 Å². The Bertz CT molecular complexity index is 583. The number of ether oxygens (including phenoxy) is 1. The van der Waals surface area contributed by atoms with Crippen LogP contribution in [0.2, 0.25) is 0 Å². The van der Waals surface area contributed by atoms with Gasteiger partial charge in [-0.25, -0.2) is 0 Å². The molecule has 0 aliphatic carbocycles. The third-order valence-electron chi connectivity index (χ3n) is 3.46. The number of hydrogen-bond donors (Lipinski definition) is 1. The molecule has 112 valence electrons. The normalized spacial score (nSPS) is 12.6. The van der Waals surface area contributed by atoms with Gasteiger partial charge in [-0.2, -0.15) is 0 Å². The molecule has 0 atom stereocenters. The van der Waals surface area contributed by atoms with Crippen molar-refractivity contribution in [2.24, 2.45) is 0 Å². The number of carbonyl (C=O) groups is 3. The summed E-state index contributed by atoms with van der Waals surface area (Å²) >= 11 is 0. The zero-order valence-electron chi connectivity index (χ0n) is 12.1. The molecule has 1 aromatic carbocycles.